The highest BCUT2D eigenvalue weighted by atomic mass is 16.3. The van der Waals surface area contributed by atoms with Gasteiger partial charge in [-0.05, 0) is 12.1 Å². The summed E-state index contributed by atoms with van der Waals surface area (Å²) in [6.45, 7) is 0. The van der Waals surface area contributed by atoms with Crippen molar-refractivity contribution in [2.24, 2.45) is 5.84 Å². The number of amides is 1. The fraction of sp³-hybridized carbons (Fsp3) is 0. The van der Waals surface area contributed by atoms with Crippen LogP contribution in [0.25, 0.3) is 5.76 Å². The van der Waals surface area contributed by atoms with Crippen molar-refractivity contribution in [2.45, 2.75) is 0 Å². The van der Waals surface area contributed by atoms with E-state index in [9.17, 15) is 9.90 Å². The van der Waals surface area contributed by atoms with Crippen molar-refractivity contribution >= 4 is 17.4 Å². The van der Waals surface area contributed by atoms with Crippen molar-refractivity contribution in [3.63, 3.8) is 0 Å². The van der Waals surface area contributed by atoms with E-state index in [2.05, 4.69) is 0 Å². The average molecular weight is 254 g/mol. The van der Waals surface area contributed by atoms with Gasteiger partial charge >= 0.3 is 0 Å². The first-order valence-electron chi connectivity index (χ1n) is 5.78. The van der Waals surface area contributed by atoms with Gasteiger partial charge in [0.1, 0.15) is 5.76 Å². The molecule has 1 amide bonds. The largest absolute Gasteiger partial charge is 0.507 e. The Labute approximate surface area is 111 Å². The molecule has 0 radical (unpaired) electrons. The zero-order valence-corrected chi connectivity index (χ0v) is 10.2. The van der Waals surface area contributed by atoms with Crippen LogP contribution < -0.4 is 10.9 Å². The van der Waals surface area contributed by atoms with E-state index < -0.39 is 5.91 Å². The van der Waals surface area contributed by atoms with Crippen LogP contribution in [0.3, 0.4) is 0 Å². The van der Waals surface area contributed by atoms with E-state index in [1.54, 1.807) is 48.5 Å². The van der Waals surface area contributed by atoms with Crippen molar-refractivity contribution in [1.82, 2.24) is 0 Å². The molecule has 2 rings (SSSR count). The third-order valence-corrected chi connectivity index (χ3v) is 2.60. The van der Waals surface area contributed by atoms with Gasteiger partial charge in [0, 0.05) is 11.6 Å². The van der Waals surface area contributed by atoms with E-state index in [4.69, 9.17) is 5.84 Å². The molecule has 0 heterocycles. The van der Waals surface area contributed by atoms with Crippen LogP contribution in [0, 0.1) is 0 Å². The smallest absolute Gasteiger partial charge is 0.268 e. The molecule has 0 atom stereocenters. The van der Waals surface area contributed by atoms with Gasteiger partial charge in [0.05, 0.1) is 5.69 Å². The molecule has 0 fully saturated rings. The highest BCUT2D eigenvalue weighted by Crippen LogP contribution is 2.13. The van der Waals surface area contributed by atoms with Gasteiger partial charge in [-0.2, -0.15) is 0 Å². The number of para-hydroxylation sites is 1. The van der Waals surface area contributed by atoms with Crippen molar-refractivity contribution in [1.29, 1.82) is 0 Å². The van der Waals surface area contributed by atoms with Crippen LogP contribution in [-0.4, -0.2) is 11.0 Å². The minimum atomic E-state index is -0.493. The number of benzene rings is 2. The molecule has 0 aliphatic carbocycles. The van der Waals surface area contributed by atoms with Crippen LogP contribution in [-0.2, 0) is 4.79 Å². The van der Waals surface area contributed by atoms with Crippen LogP contribution in [0.2, 0.25) is 0 Å². The zero-order valence-electron chi connectivity index (χ0n) is 10.2. The molecule has 0 saturated carbocycles. The predicted octanol–water partition coefficient (Wildman–Crippen LogP) is 2.49. The summed E-state index contributed by atoms with van der Waals surface area (Å²) < 4.78 is 0. The van der Waals surface area contributed by atoms with Crippen molar-refractivity contribution in [2.75, 3.05) is 5.01 Å². The lowest BCUT2D eigenvalue weighted by Crippen LogP contribution is -2.36. The number of hydrogen-bond acceptors (Lipinski definition) is 3. The van der Waals surface area contributed by atoms with Gasteiger partial charge in [0.15, 0.2) is 0 Å². The molecule has 0 spiro atoms. The predicted molar refractivity (Wildman–Crippen MR) is 75.2 cm³/mol. The molecule has 0 aromatic heterocycles. The lowest BCUT2D eigenvalue weighted by atomic mass is 10.2. The molecule has 0 unspecified atom stereocenters. The third kappa shape index (κ3) is 3.20. The summed E-state index contributed by atoms with van der Waals surface area (Å²) in [5.41, 5.74) is 1.13. The second-order valence-electron chi connectivity index (χ2n) is 3.94. The Balaban J connectivity index is 2.17. The van der Waals surface area contributed by atoms with Crippen LogP contribution in [0.15, 0.2) is 66.7 Å². The quantitative estimate of drug-likeness (QED) is 0.291. The van der Waals surface area contributed by atoms with Crippen LogP contribution >= 0.6 is 0 Å². The Morgan fingerprint density at radius 3 is 2.11 bits per heavy atom. The van der Waals surface area contributed by atoms with E-state index >= 15 is 0 Å². The molecule has 4 heteroatoms. The number of nitrogens with two attached hydrogens (primary N) is 1. The van der Waals surface area contributed by atoms with Gasteiger partial charge in [0.2, 0.25) is 0 Å². The molecule has 2 aromatic carbocycles. The molecular weight excluding hydrogens is 240 g/mol. The molecule has 0 aliphatic rings. The summed E-state index contributed by atoms with van der Waals surface area (Å²) in [6, 6.07) is 17.6. The molecule has 0 saturated heterocycles. The molecular formula is C15H14N2O2. The Kier molecular flexibility index (Phi) is 3.95. The van der Waals surface area contributed by atoms with Crippen molar-refractivity contribution in [3.8, 4) is 0 Å². The fourth-order valence-corrected chi connectivity index (χ4v) is 1.59. The lowest BCUT2D eigenvalue weighted by Gasteiger charge is -2.14. The summed E-state index contributed by atoms with van der Waals surface area (Å²) in [7, 11) is 0. The van der Waals surface area contributed by atoms with Crippen LogP contribution in [0.4, 0.5) is 5.69 Å². The number of nitrogens with zero attached hydrogens (tertiary/aromatic N) is 1. The van der Waals surface area contributed by atoms with E-state index in [-0.39, 0.29) is 5.76 Å². The van der Waals surface area contributed by atoms with Gasteiger partial charge in [-0.3, -0.25) is 4.79 Å². The first kappa shape index (κ1) is 12.9. The standard InChI is InChI=1S/C15H14N2O2/c16-17(13-9-5-2-6-10-13)15(19)11-14(18)12-7-3-1-4-8-12/h1-11,18H,16H2/b14-11-. The van der Waals surface area contributed by atoms with Crippen molar-refractivity contribution in [3.05, 3.63) is 72.3 Å². The molecule has 19 heavy (non-hydrogen) atoms. The number of aliphatic hydroxyl groups is 1. The first-order chi connectivity index (χ1) is 9.18. The third-order valence-electron chi connectivity index (χ3n) is 2.60. The van der Waals surface area contributed by atoms with Crippen molar-refractivity contribution < 1.29 is 9.90 Å². The van der Waals surface area contributed by atoms with E-state index in [1.165, 1.54) is 0 Å². The summed E-state index contributed by atoms with van der Waals surface area (Å²) in [4.78, 5) is 11.9. The minimum absolute atomic E-state index is 0.114. The second-order valence-corrected chi connectivity index (χ2v) is 3.94. The molecule has 96 valence electrons. The maximum atomic E-state index is 11.9. The number of aliphatic hydroxyl groups excluding tert-OH is 1. The Bertz CT molecular complexity index is 580. The SMILES string of the molecule is NN(C(=O)/C=C(\O)c1ccccc1)c1ccccc1. The van der Waals surface area contributed by atoms with Gasteiger partial charge in [-0.15, -0.1) is 0 Å². The van der Waals surface area contributed by atoms with Gasteiger partial charge in [-0.1, -0.05) is 48.5 Å². The number of carbonyl (C=O) groups is 1. The maximum absolute atomic E-state index is 11.9. The van der Waals surface area contributed by atoms with Gasteiger partial charge < -0.3 is 5.11 Å². The molecule has 4 nitrogen and oxygen atoms in total. The monoisotopic (exact) mass is 254 g/mol. The Morgan fingerprint density at radius 2 is 1.53 bits per heavy atom. The molecule has 2 aromatic rings. The number of hydrogen-bond donors (Lipinski definition) is 2. The normalized spacial score (nSPS) is 11.1. The fourth-order valence-electron chi connectivity index (χ4n) is 1.59. The number of hydrazine groups is 1. The number of anilines is 1. The minimum Gasteiger partial charge on any atom is -0.507 e. The van der Waals surface area contributed by atoms with Gasteiger partial charge in [-0.25, -0.2) is 10.9 Å². The number of carbonyl (C=O) groups excluding carboxylic acids is 1. The Morgan fingerprint density at radius 1 is 1.00 bits per heavy atom. The van der Waals surface area contributed by atoms with E-state index in [0.29, 0.717) is 11.3 Å². The highest BCUT2D eigenvalue weighted by molar-refractivity contribution is 6.04. The summed E-state index contributed by atoms with van der Waals surface area (Å²) in [5, 5.41) is 10.8. The summed E-state index contributed by atoms with van der Waals surface area (Å²) in [6.07, 6.45) is 1.10. The second kappa shape index (κ2) is 5.84. The van der Waals surface area contributed by atoms with E-state index in [0.717, 1.165) is 11.1 Å². The lowest BCUT2D eigenvalue weighted by molar-refractivity contribution is -0.114. The van der Waals surface area contributed by atoms with E-state index in [1.807, 2.05) is 12.1 Å². The van der Waals surface area contributed by atoms with Crippen LogP contribution in [0.1, 0.15) is 5.56 Å². The molecule has 0 aliphatic heterocycles. The molecule has 0 bridgehead atoms. The zero-order chi connectivity index (χ0) is 13.7. The highest BCUT2D eigenvalue weighted by Gasteiger charge is 2.10. The summed E-state index contributed by atoms with van der Waals surface area (Å²) in [5.74, 6) is 5.09. The maximum Gasteiger partial charge on any atom is 0.268 e. The van der Waals surface area contributed by atoms with Crippen LogP contribution in [0.5, 0.6) is 0 Å². The number of rotatable bonds is 3. The summed E-state index contributed by atoms with van der Waals surface area (Å²) >= 11 is 0. The van der Waals surface area contributed by atoms with Gasteiger partial charge in [0.25, 0.3) is 5.91 Å². The first-order valence-corrected chi connectivity index (χ1v) is 5.78. The Hall–Kier alpha value is -2.59. The topological polar surface area (TPSA) is 66.6 Å². The molecule has 3 N–H and O–H groups in total. The average Bonchev–Trinajstić information content (AvgIpc) is 2.48.